The van der Waals surface area contributed by atoms with Gasteiger partial charge in [0.2, 0.25) is 11.8 Å². The van der Waals surface area contributed by atoms with Gasteiger partial charge in [0.05, 0.1) is 94.0 Å². The Hall–Kier alpha value is -8.21. The predicted molar refractivity (Wildman–Crippen MR) is 299 cm³/mol. The molecule has 3 aliphatic rings. The summed E-state index contributed by atoms with van der Waals surface area (Å²) >= 11 is 0. The number of allylic oxidation sites excluding steroid dienone is 2. The van der Waals surface area contributed by atoms with Gasteiger partial charge >= 0.3 is 13.1 Å². The number of benzene rings is 2. The van der Waals surface area contributed by atoms with Gasteiger partial charge in [0.1, 0.15) is 36.7 Å². The second-order valence-corrected chi connectivity index (χ2v) is 23.0. The smallest absolute Gasteiger partial charge is 0.737 e. The lowest BCUT2D eigenvalue weighted by molar-refractivity contribution is -0.878. The molecule has 4 amide bonds. The number of aromatic nitrogens is 2. The van der Waals surface area contributed by atoms with E-state index < -0.39 is 75.4 Å². The number of halogens is 2. The van der Waals surface area contributed by atoms with Crippen molar-refractivity contribution >= 4 is 76.5 Å². The molecule has 24 nitrogen and oxygen atoms in total. The molecule has 4 aromatic rings. The van der Waals surface area contributed by atoms with Gasteiger partial charge < -0.3 is 66.1 Å². The first-order valence-corrected chi connectivity index (χ1v) is 28.5. The molecule has 446 valence electrons. The Bertz CT molecular complexity index is 3370. The highest BCUT2D eigenvalue weighted by atomic mass is 32.2. The van der Waals surface area contributed by atoms with Crippen molar-refractivity contribution in [3.63, 3.8) is 0 Å². The quantitative estimate of drug-likeness (QED) is 0.00906. The molecule has 28 heteroatoms. The molecule has 0 aliphatic carbocycles. The summed E-state index contributed by atoms with van der Waals surface area (Å²) in [4.78, 5) is 82.0. The first-order chi connectivity index (χ1) is 39.1. The Balaban J connectivity index is 0.865. The molecule has 7 rings (SSSR count). The van der Waals surface area contributed by atoms with Gasteiger partial charge in [-0.15, -0.1) is 0 Å². The van der Waals surface area contributed by atoms with Gasteiger partial charge in [0, 0.05) is 60.5 Å². The zero-order valence-corrected chi connectivity index (χ0v) is 48.3. The lowest BCUT2D eigenvalue weighted by Crippen LogP contribution is -3.10. The molecule has 0 radical (unpaired) electrons. The molecule has 0 bridgehead atoms. The van der Waals surface area contributed by atoms with Crippen LogP contribution in [0.15, 0.2) is 71.9 Å². The van der Waals surface area contributed by atoms with Crippen molar-refractivity contribution in [1.29, 1.82) is 0 Å². The molecule has 3 atom stereocenters. The largest absolute Gasteiger partial charge is 0.748 e. The topological polar surface area (TPSA) is 287 Å². The number of hydrogen-bond donors (Lipinski definition) is 4. The summed E-state index contributed by atoms with van der Waals surface area (Å²) in [6, 6.07) is 13.0. The van der Waals surface area contributed by atoms with E-state index in [9.17, 15) is 47.1 Å². The highest BCUT2D eigenvalue weighted by Gasteiger charge is 2.54. The second kappa shape index (κ2) is 26.4. The van der Waals surface area contributed by atoms with Crippen molar-refractivity contribution in [2.75, 3.05) is 80.4 Å². The van der Waals surface area contributed by atoms with Gasteiger partial charge in [0.25, 0.3) is 17.5 Å². The number of amides is 4. The molecule has 0 saturated carbocycles. The number of methoxy groups -OCH3 is 1. The maximum Gasteiger partial charge on any atom is 0.737 e. The van der Waals surface area contributed by atoms with E-state index in [2.05, 4.69) is 36.8 Å². The van der Waals surface area contributed by atoms with E-state index >= 15 is 8.63 Å². The number of quaternary nitrogens is 2. The first-order valence-electron chi connectivity index (χ1n) is 26.9. The summed E-state index contributed by atoms with van der Waals surface area (Å²) in [5.74, 6) is -3.82. The van der Waals surface area contributed by atoms with E-state index in [1.807, 2.05) is 38.1 Å². The zero-order chi connectivity index (χ0) is 60.6. The highest BCUT2D eigenvalue weighted by molar-refractivity contribution is 7.85. The van der Waals surface area contributed by atoms with Crippen molar-refractivity contribution in [3.05, 3.63) is 122 Å². The summed E-state index contributed by atoms with van der Waals surface area (Å²) in [6.07, 6.45) is 5.58. The van der Waals surface area contributed by atoms with Crippen molar-refractivity contribution in [2.24, 2.45) is 0 Å². The third-order valence-electron chi connectivity index (χ3n) is 13.9. The van der Waals surface area contributed by atoms with Crippen LogP contribution in [-0.2, 0) is 38.9 Å². The number of hydroxylamine groups is 2. The maximum absolute atomic E-state index is 17.1. The summed E-state index contributed by atoms with van der Waals surface area (Å²) in [7, 11) is 4.38. The van der Waals surface area contributed by atoms with E-state index in [1.165, 1.54) is 24.6 Å². The summed E-state index contributed by atoms with van der Waals surface area (Å²) in [6.45, 7) is 2.14. The number of nitrogens with zero attached hydrogens (tertiary/aromatic N) is 5. The van der Waals surface area contributed by atoms with Crippen LogP contribution in [0.4, 0.5) is 19.1 Å². The number of aryl methyl sites for hydroxylation is 2. The predicted octanol–water partition coefficient (Wildman–Crippen LogP) is 4.20. The molecule has 2 aromatic heterocycles. The number of imide groups is 1. The van der Waals surface area contributed by atoms with Crippen LogP contribution in [0, 0.1) is 24.0 Å². The van der Waals surface area contributed by atoms with Crippen molar-refractivity contribution < 1.29 is 88.2 Å². The standard InChI is InChI=1S/C55H68BF2N9O15S/c1-35-29-40(63-45(35)32-46-39(11-9-26-67(5,6)7)30-48(64(46)56(63,57)58)43-20-13-36(2)60-43)17-14-38-15-18-41(19-16-38)79-27-10-12-51(68)61-44(34-83(75,76)77)54(71)59-23-24-62(4)25-28-80-50-33-47(66(73)74)42(31-49(50)78-8)37(3)81-55(72)82-65-52(69)21-22-53(65)70/h13-20,29-33,37,44,60H,9-12,21-28,34H2,1-8H3,(H2-,59,61,68,71,75,76,77)/p+1/b17-14+. The molecule has 2 aromatic carbocycles. The summed E-state index contributed by atoms with van der Waals surface area (Å²) in [5.41, 5.74) is 4.89. The minimum atomic E-state index is -4.97. The molecule has 1 saturated heterocycles. The van der Waals surface area contributed by atoms with Crippen LogP contribution >= 0.6 is 0 Å². The number of carbonyl (C=O) groups is 5. The Kier molecular flexibility index (Phi) is 19.8. The monoisotopic (exact) mass is 1180 g/mol. The van der Waals surface area contributed by atoms with Gasteiger partial charge in [-0.25, -0.2) is 13.2 Å². The van der Waals surface area contributed by atoms with E-state index in [0.29, 0.717) is 46.2 Å². The van der Waals surface area contributed by atoms with E-state index in [0.717, 1.165) is 49.7 Å². The molecular formula is C55H69BF2N9O15S+. The molecule has 1 fully saturated rings. The number of rotatable bonds is 28. The molecule has 4 N–H and O–H groups in total. The van der Waals surface area contributed by atoms with Crippen LogP contribution in [0.25, 0.3) is 18.2 Å². The summed E-state index contributed by atoms with van der Waals surface area (Å²) < 4.78 is 94.7. The number of nitro groups is 1. The average Bonchev–Trinajstić information content (AvgIpc) is 2.47. The summed E-state index contributed by atoms with van der Waals surface area (Å²) in [5, 5.41) is 17.2. The zero-order valence-electron chi connectivity index (χ0n) is 47.5. The number of fused-ring (bicyclic) bond motifs is 2. The molecular weight excluding hydrogens is 1110 g/mol. The SMILES string of the molecule is COc1cc(C(C)OC(=O)ON2C(=O)CCC2=O)c([N+](=O)[O-])cc1OCC[NH+](C)CCNC(=O)C(CS(=O)(=O)[O-])NC(=O)CCCOc1ccc(/C=C/c2cc(C)c3n2[B-](F)(F)[N+]2=C(c4ccc(C)[nH]4)C=C(CCC[N+](C)(C)C)C2=C3)cc1. The van der Waals surface area contributed by atoms with Crippen LogP contribution < -0.4 is 29.7 Å². The maximum atomic E-state index is 17.1. The Morgan fingerprint density at radius 3 is 2.31 bits per heavy atom. The lowest BCUT2D eigenvalue weighted by Gasteiger charge is -2.31. The van der Waals surface area contributed by atoms with Crippen molar-refractivity contribution in [1.82, 2.24) is 25.2 Å². The van der Waals surface area contributed by atoms with E-state index in [4.69, 9.17) is 23.8 Å². The number of nitrogens with one attached hydrogen (secondary N) is 4. The van der Waals surface area contributed by atoms with Crippen LogP contribution in [0.5, 0.6) is 17.2 Å². The number of hydrogen-bond acceptors (Lipinski definition) is 15. The normalized spacial score (nSPS) is 16.0. The van der Waals surface area contributed by atoms with Gasteiger partial charge in [0.15, 0.2) is 22.9 Å². The fourth-order valence-corrected chi connectivity index (χ4v) is 10.3. The van der Waals surface area contributed by atoms with Crippen LogP contribution in [0.2, 0.25) is 0 Å². The lowest BCUT2D eigenvalue weighted by atomic mass is 9.88. The van der Waals surface area contributed by atoms with Gasteiger partial charge in [-0.2, -0.15) is 0 Å². The number of nitro benzene ring substituents is 1. The number of H-pyrrole nitrogens is 1. The van der Waals surface area contributed by atoms with E-state index in [1.54, 1.807) is 49.5 Å². The molecule has 5 heterocycles. The van der Waals surface area contributed by atoms with Crippen LogP contribution in [-0.4, -0.2) is 170 Å². The first kappa shape index (κ1) is 62.4. The Labute approximate surface area is 478 Å². The number of aromatic amines is 1. The van der Waals surface area contributed by atoms with Crippen molar-refractivity contribution in [3.8, 4) is 17.2 Å². The van der Waals surface area contributed by atoms with Gasteiger partial charge in [-0.1, -0.05) is 23.3 Å². The highest BCUT2D eigenvalue weighted by Crippen LogP contribution is 2.41. The molecule has 83 heavy (non-hydrogen) atoms. The average molecular weight is 1180 g/mol. The van der Waals surface area contributed by atoms with E-state index in [-0.39, 0.29) is 80.7 Å². The number of likely N-dealkylation sites (N-methyl/N-ethyl adjacent to an activating group) is 1. The second-order valence-electron chi connectivity index (χ2n) is 21.5. The fourth-order valence-electron chi connectivity index (χ4n) is 9.69. The molecule has 0 spiro atoms. The Morgan fingerprint density at radius 1 is 0.964 bits per heavy atom. The Morgan fingerprint density at radius 2 is 1.67 bits per heavy atom. The molecule has 3 unspecified atom stereocenters. The number of ether oxygens (including phenoxy) is 4. The third kappa shape index (κ3) is 16.1. The third-order valence-corrected chi connectivity index (χ3v) is 14.7. The number of carbonyl (C=O) groups excluding carboxylic acids is 5. The minimum Gasteiger partial charge on any atom is -0.748 e. The minimum absolute atomic E-state index is 0.0179. The molecule has 3 aliphatic heterocycles. The fraction of sp³-hybridized carbons (Fsp3) is 0.418. The van der Waals surface area contributed by atoms with Crippen LogP contribution in [0.3, 0.4) is 0 Å². The van der Waals surface area contributed by atoms with Crippen LogP contribution in [0.1, 0.15) is 91.0 Å². The van der Waals surface area contributed by atoms with Gasteiger partial charge in [-0.05, 0) is 87.2 Å². The van der Waals surface area contributed by atoms with Crippen molar-refractivity contribution in [2.45, 2.75) is 71.4 Å². The van der Waals surface area contributed by atoms with Gasteiger partial charge in [-0.3, -0.25) is 34.1 Å².